The molecule has 1 saturated heterocycles. The van der Waals surface area contributed by atoms with E-state index in [1.54, 1.807) is 21.9 Å². The number of para-hydroxylation sites is 3. The summed E-state index contributed by atoms with van der Waals surface area (Å²) in [5, 5.41) is 0. The minimum Gasteiger partial charge on any atom is -0.452 e. The number of rotatable bonds is 5. The van der Waals surface area contributed by atoms with Gasteiger partial charge < -0.3 is 24.2 Å². The molecular formula is C32H40FN3O4. The minimum absolute atomic E-state index is 0.194. The second kappa shape index (κ2) is 13.3. The summed E-state index contributed by atoms with van der Waals surface area (Å²) in [4.78, 5) is 32.0. The van der Waals surface area contributed by atoms with Gasteiger partial charge in [-0.3, -0.25) is 4.79 Å². The summed E-state index contributed by atoms with van der Waals surface area (Å²) in [6.45, 7) is 17.3. The van der Waals surface area contributed by atoms with Gasteiger partial charge in [-0.15, -0.1) is 13.2 Å². The summed E-state index contributed by atoms with van der Waals surface area (Å²) >= 11 is 0. The van der Waals surface area contributed by atoms with Crippen molar-refractivity contribution in [2.75, 3.05) is 42.5 Å². The average Bonchev–Trinajstić information content (AvgIpc) is 3.05. The molecule has 0 spiro atoms. The molecule has 0 aromatic heterocycles. The van der Waals surface area contributed by atoms with Crippen molar-refractivity contribution < 1.29 is 23.5 Å². The largest absolute Gasteiger partial charge is 0.452 e. The highest BCUT2D eigenvalue weighted by atomic mass is 19.1. The zero-order valence-corrected chi connectivity index (χ0v) is 24.2. The highest BCUT2D eigenvalue weighted by molar-refractivity contribution is 6.11. The SMILES string of the molecule is C/C=C(\C=C/C(C)F)CN1C(=O)c2cccc(N3CCN(C(=O)OC(C)(C)C)CC3)c2Oc2ccccc21.C=C. The first-order chi connectivity index (χ1) is 19.1. The van der Waals surface area contributed by atoms with Crippen molar-refractivity contribution in [3.05, 3.63) is 85.0 Å². The first-order valence-electron chi connectivity index (χ1n) is 13.5. The molecule has 1 unspecified atom stereocenters. The Balaban J connectivity index is 0.00000216. The summed E-state index contributed by atoms with van der Waals surface area (Å²) in [7, 11) is 0. The van der Waals surface area contributed by atoms with Gasteiger partial charge in [-0.1, -0.05) is 36.4 Å². The Kier molecular flexibility index (Phi) is 10.2. The van der Waals surface area contributed by atoms with Crippen LogP contribution in [0.4, 0.5) is 20.6 Å². The molecule has 2 aromatic rings. The maximum Gasteiger partial charge on any atom is 0.410 e. The van der Waals surface area contributed by atoms with E-state index in [0.717, 1.165) is 11.3 Å². The molecule has 214 valence electrons. The molecular weight excluding hydrogens is 509 g/mol. The number of halogens is 1. The van der Waals surface area contributed by atoms with Gasteiger partial charge in [-0.05, 0) is 64.5 Å². The standard InChI is InChI=1S/C30H36FN3O4.C2H4/c1-6-22(15-14-21(2)31)20-34-24-11-7-8-13-26(24)37-27-23(28(34)35)10-9-12-25(27)32-16-18-33(19-17-32)29(36)38-30(3,4)5;1-2/h6-15,21H,16-20H2,1-5H3;1-2H2/b15-14-,22-6+;. The number of benzene rings is 2. The molecule has 0 saturated carbocycles. The number of carbonyl (C=O) groups is 2. The van der Waals surface area contributed by atoms with Crippen LogP contribution in [0, 0.1) is 0 Å². The van der Waals surface area contributed by atoms with Crippen LogP contribution < -0.4 is 14.5 Å². The summed E-state index contributed by atoms with van der Waals surface area (Å²) in [6, 6.07) is 13.0. The van der Waals surface area contributed by atoms with E-state index < -0.39 is 11.8 Å². The number of anilines is 2. The van der Waals surface area contributed by atoms with Gasteiger partial charge in [0.25, 0.3) is 5.91 Å². The Bertz CT molecular complexity index is 1260. The molecule has 0 aliphatic carbocycles. The van der Waals surface area contributed by atoms with Crippen LogP contribution in [0.5, 0.6) is 11.5 Å². The molecule has 40 heavy (non-hydrogen) atoms. The second-order valence-corrected chi connectivity index (χ2v) is 10.5. The van der Waals surface area contributed by atoms with Crippen molar-refractivity contribution in [3.8, 4) is 11.5 Å². The molecule has 2 aliphatic heterocycles. The van der Waals surface area contributed by atoms with Gasteiger partial charge in [0.1, 0.15) is 11.8 Å². The van der Waals surface area contributed by atoms with Crippen molar-refractivity contribution in [1.82, 2.24) is 4.90 Å². The Morgan fingerprint density at radius 3 is 2.35 bits per heavy atom. The molecule has 7 nitrogen and oxygen atoms in total. The van der Waals surface area contributed by atoms with E-state index in [0.29, 0.717) is 48.9 Å². The van der Waals surface area contributed by atoms with Crippen LogP contribution in [0.2, 0.25) is 0 Å². The van der Waals surface area contributed by atoms with E-state index >= 15 is 0 Å². The van der Waals surface area contributed by atoms with E-state index in [4.69, 9.17) is 9.47 Å². The van der Waals surface area contributed by atoms with Crippen molar-refractivity contribution >= 4 is 23.4 Å². The molecule has 8 heteroatoms. The van der Waals surface area contributed by atoms with Crippen molar-refractivity contribution in [2.24, 2.45) is 0 Å². The highest BCUT2D eigenvalue weighted by Gasteiger charge is 2.33. The molecule has 1 fully saturated rings. The first-order valence-corrected chi connectivity index (χ1v) is 13.5. The molecule has 2 heterocycles. The van der Waals surface area contributed by atoms with E-state index in [9.17, 15) is 14.0 Å². The zero-order valence-electron chi connectivity index (χ0n) is 24.2. The maximum atomic E-state index is 13.9. The molecule has 2 aliphatic rings. The van der Waals surface area contributed by atoms with Gasteiger partial charge >= 0.3 is 6.09 Å². The van der Waals surface area contributed by atoms with Crippen molar-refractivity contribution in [1.29, 1.82) is 0 Å². The highest BCUT2D eigenvalue weighted by Crippen LogP contribution is 2.44. The van der Waals surface area contributed by atoms with Crippen LogP contribution >= 0.6 is 0 Å². The molecule has 1 atom stereocenters. The third-order valence-corrected chi connectivity index (χ3v) is 6.40. The molecule has 2 aromatic carbocycles. The molecule has 0 radical (unpaired) electrons. The smallest absolute Gasteiger partial charge is 0.410 e. The number of amides is 2. The van der Waals surface area contributed by atoms with Gasteiger partial charge in [0.2, 0.25) is 0 Å². The second-order valence-electron chi connectivity index (χ2n) is 10.5. The lowest BCUT2D eigenvalue weighted by atomic mass is 10.1. The Hall–Kier alpha value is -4.07. The third-order valence-electron chi connectivity index (χ3n) is 6.40. The van der Waals surface area contributed by atoms with E-state index in [-0.39, 0.29) is 18.5 Å². The maximum absolute atomic E-state index is 13.9. The number of piperazine rings is 1. The Labute approximate surface area is 237 Å². The number of fused-ring (bicyclic) bond motifs is 2. The van der Waals surface area contributed by atoms with Crippen LogP contribution in [0.15, 0.2) is 79.4 Å². The number of ether oxygens (including phenoxy) is 2. The lowest BCUT2D eigenvalue weighted by molar-refractivity contribution is 0.0240. The van der Waals surface area contributed by atoms with E-state index in [1.807, 2.05) is 70.2 Å². The number of nitrogens with zero attached hydrogens (tertiary/aromatic N) is 3. The summed E-state index contributed by atoms with van der Waals surface area (Å²) in [5.74, 6) is 0.867. The molecule has 4 rings (SSSR count). The quantitative estimate of drug-likeness (QED) is 0.293. The predicted molar refractivity (Wildman–Crippen MR) is 159 cm³/mol. The number of alkyl halides is 1. The van der Waals surface area contributed by atoms with Crippen molar-refractivity contribution in [2.45, 2.75) is 46.4 Å². The molecule has 2 amide bonds. The predicted octanol–water partition coefficient (Wildman–Crippen LogP) is 7.16. The summed E-state index contributed by atoms with van der Waals surface area (Å²) in [6.07, 6.45) is 3.66. The van der Waals surface area contributed by atoms with E-state index in [2.05, 4.69) is 18.1 Å². The monoisotopic (exact) mass is 549 g/mol. The fourth-order valence-corrected chi connectivity index (χ4v) is 4.47. The van der Waals surface area contributed by atoms with Crippen LogP contribution in [0.3, 0.4) is 0 Å². The summed E-state index contributed by atoms with van der Waals surface area (Å²) < 4.78 is 25.4. The number of hydrogen-bond acceptors (Lipinski definition) is 5. The zero-order chi connectivity index (χ0) is 29.4. The number of allylic oxidation sites excluding steroid dienone is 2. The summed E-state index contributed by atoms with van der Waals surface area (Å²) in [5.41, 5.74) is 2.16. The average molecular weight is 550 g/mol. The van der Waals surface area contributed by atoms with Crippen LogP contribution in [0.1, 0.15) is 45.0 Å². The minimum atomic E-state index is -1.08. The fourth-order valence-electron chi connectivity index (χ4n) is 4.47. The van der Waals surface area contributed by atoms with Gasteiger partial charge in [0.05, 0.1) is 23.5 Å². The lowest BCUT2D eigenvalue weighted by Gasteiger charge is -2.37. The third kappa shape index (κ3) is 7.31. The normalized spacial score (nSPS) is 16.3. The van der Waals surface area contributed by atoms with Crippen LogP contribution in [0.25, 0.3) is 0 Å². The van der Waals surface area contributed by atoms with Crippen LogP contribution in [-0.4, -0.2) is 61.4 Å². The first kappa shape index (κ1) is 30.5. The Morgan fingerprint density at radius 1 is 1.07 bits per heavy atom. The molecule has 0 N–H and O–H groups in total. The van der Waals surface area contributed by atoms with E-state index in [1.165, 1.54) is 13.0 Å². The van der Waals surface area contributed by atoms with Gasteiger partial charge in [0.15, 0.2) is 11.5 Å². The van der Waals surface area contributed by atoms with Gasteiger partial charge in [-0.2, -0.15) is 0 Å². The number of carbonyl (C=O) groups excluding carboxylic acids is 2. The molecule has 0 bridgehead atoms. The lowest BCUT2D eigenvalue weighted by Crippen LogP contribution is -2.50. The van der Waals surface area contributed by atoms with Gasteiger partial charge in [-0.25, -0.2) is 9.18 Å². The van der Waals surface area contributed by atoms with Crippen molar-refractivity contribution in [3.63, 3.8) is 0 Å². The fraction of sp³-hybridized carbons (Fsp3) is 0.375. The van der Waals surface area contributed by atoms with Crippen LogP contribution in [-0.2, 0) is 4.74 Å². The topological polar surface area (TPSA) is 62.3 Å². The number of hydrogen-bond donors (Lipinski definition) is 0. The Morgan fingerprint density at radius 2 is 1.73 bits per heavy atom. The van der Waals surface area contributed by atoms with Gasteiger partial charge in [0, 0.05) is 26.2 Å².